The number of rotatable bonds is 4. The lowest BCUT2D eigenvalue weighted by Crippen LogP contribution is -2.38. The van der Waals surface area contributed by atoms with Gasteiger partial charge in [0, 0.05) is 30.9 Å². The number of benzene rings is 1. The highest BCUT2D eigenvalue weighted by molar-refractivity contribution is 6.02. The fraction of sp³-hybridized carbons (Fsp3) is 0.250. The summed E-state index contributed by atoms with van der Waals surface area (Å²) in [6.45, 7) is 0.650. The number of anilines is 1. The lowest BCUT2D eigenvalue weighted by Gasteiger charge is -2.18. The second-order valence-electron chi connectivity index (χ2n) is 8.12. The van der Waals surface area contributed by atoms with Gasteiger partial charge in [0.15, 0.2) is 12.3 Å². The largest absolute Gasteiger partial charge is 0.420 e. The molecule has 0 spiro atoms. The SMILES string of the molecule is O=C(c1ccccc1-c1ccncc1)[N+]1=C2CC(CC2Nc2ccc(C(F)(F)F)cn2)C1. The molecule has 2 aliphatic rings. The number of aromatic nitrogens is 2. The van der Waals surface area contributed by atoms with Crippen molar-refractivity contribution in [1.82, 2.24) is 9.97 Å². The number of halogens is 3. The molecule has 3 heterocycles. The first-order valence-corrected chi connectivity index (χ1v) is 10.4. The second-order valence-corrected chi connectivity index (χ2v) is 8.12. The van der Waals surface area contributed by atoms with Crippen molar-refractivity contribution in [2.75, 3.05) is 11.9 Å². The van der Waals surface area contributed by atoms with Crippen LogP contribution in [0.5, 0.6) is 0 Å². The molecule has 0 saturated heterocycles. The molecule has 8 heteroatoms. The summed E-state index contributed by atoms with van der Waals surface area (Å²) in [5.74, 6) is 0.628. The van der Waals surface area contributed by atoms with Crippen molar-refractivity contribution in [3.63, 3.8) is 0 Å². The van der Waals surface area contributed by atoms with E-state index in [1.165, 1.54) is 6.07 Å². The molecule has 2 atom stereocenters. The van der Waals surface area contributed by atoms with Gasteiger partial charge >= 0.3 is 12.1 Å². The minimum Gasteiger partial charge on any atom is -0.358 e. The summed E-state index contributed by atoms with van der Waals surface area (Å²) in [6, 6.07) is 13.5. The van der Waals surface area contributed by atoms with Crippen molar-refractivity contribution in [3.05, 3.63) is 78.2 Å². The van der Waals surface area contributed by atoms with E-state index in [1.807, 2.05) is 41.0 Å². The van der Waals surface area contributed by atoms with Crippen LogP contribution in [-0.4, -0.2) is 38.7 Å². The zero-order valence-electron chi connectivity index (χ0n) is 17.0. The zero-order chi connectivity index (χ0) is 22.3. The van der Waals surface area contributed by atoms with Gasteiger partial charge in [-0.2, -0.15) is 17.7 Å². The van der Waals surface area contributed by atoms with Crippen molar-refractivity contribution in [2.24, 2.45) is 5.92 Å². The smallest absolute Gasteiger partial charge is 0.358 e. The van der Waals surface area contributed by atoms with Gasteiger partial charge in [0.1, 0.15) is 11.9 Å². The Morgan fingerprint density at radius 3 is 2.53 bits per heavy atom. The number of amides is 1. The molecule has 1 aliphatic carbocycles. The van der Waals surface area contributed by atoms with Crippen LogP contribution in [-0.2, 0) is 6.18 Å². The first-order chi connectivity index (χ1) is 15.4. The monoisotopic (exact) mass is 437 g/mol. The van der Waals surface area contributed by atoms with Gasteiger partial charge in [0.2, 0.25) is 0 Å². The summed E-state index contributed by atoms with van der Waals surface area (Å²) < 4.78 is 40.2. The van der Waals surface area contributed by atoms with Gasteiger partial charge in [-0.3, -0.25) is 4.98 Å². The quantitative estimate of drug-likeness (QED) is 0.604. The van der Waals surface area contributed by atoms with Crippen molar-refractivity contribution in [2.45, 2.75) is 25.1 Å². The molecule has 1 saturated carbocycles. The van der Waals surface area contributed by atoms with Gasteiger partial charge in [-0.15, -0.1) is 0 Å². The first-order valence-electron chi connectivity index (χ1n) is 10.4. The Labute approximate surface area is 182 Å². The number of hydrogen-bond donors (Lipinski definition) is 1. The van der Waals surface area contributed by atoms with Crippen molar-refractivity contribution >= 4 is 17.4 Å². The van der Waals surface area contributed by atoms with Crippen LogP contribution in [0.3, 0.4) is 0 Å². The minimum atomic E-state index is -4.42. The number of nitrogens with zero attached hydrogens (tertiary/aromatic N) is 3. The molecule has 2 aromatic heterocycles. The molecule has 2 unspecified atom stereocenters. The van der Waals surface area contributed by atoms with Crippen molar-refractivity contribution < 1.29 is 22.5 Å². The number of alkyl halides is 3. The molecule has 1 aromatic carbocycles. The molecule has 32 heavy (non-hydrogen) atoms. The Balaban J connectivity index is 1.42. The molecule has 1 fully saturated rings. The summed E-state index contributed by atoms with van der Waals surface area (Å²) in [7, 11) is 0. The van der Waals surface area contributed by atoms with Crippen LogP contribution in [0.2, 0.25) is 0 Å². The van der Waals surface area contributed by atoms with E-state index in [9.17, 15) is 18.0 Å². The molecule has 5 rings (SSSR count). The predicted molar refractivity (Wildman–Crippen MR) is 114 cm³/mol. The summed E-state index contributed by atoms with van der Waals surface area (Å²) in [6.07, 6.45) is 1.42. The van der Waals surface area contributed by atoms with E-state index in [1.54, 1.807) is 12.4 Å². The van der Waals surface area contributed by atoms with Crippen molar-refractivity contribution in [3.8, 4) is 11.1 Å². The maximum absolute atomic E-state index is 13.5. The molecular formula is C24H20F3N4O+. The van der Waals surface area contributed by atoms with Gasteiger partial charge in [-0.1, -0.05) is 18.2 Å². The topological polar surface area (TPSA) is 57.9 Å². The molecule has 1 aliphatic heterocycles. The third-order valence-corrected chi connectivity index (χ3v) is 6.06. The average Bonchev–Trinajstić information content (AvgIpc) is 3.40. The molecule has 162 valence electrons. The molecule has 2 bridgehead atoms. The maximum Gasteiger partial charge on any atom is 0.420 e. The van der Waals surface area contributed by atoms with Crippen LogP contribution in [0.4, 0.5) is 19.0 Å². The lowest BCUT2D eigenvalue weighted by molar-refractivity contribution is -0.431. The Morgan fingerprint density at radius 2 is 1.84 bits per heavy atom. The lowest BCUT2D eigenvalue weighted by atomic mass is 9.99. The van der Waals surface area contributed by atoms with E-state index >= 15 is 0 Å². The van der Waals surface area contributed by atoms with E-state index in [2.05, 4.69) is 15.3 Å². The Hall–Kier alpha value is -3.55. The number of nitrogens with one attached hydrogen (secondary N) is 1. The molecule has 3 aromatic rings. The molecule has 0 radical (unpaired) electrons. The zero-order valence-corrected chi connectivity index (χ0v) is 17.0. The van der Waals surface area contributed by atoms with Crippen molar-refractivity contribution in [1.29, 1.82) is 0 Å². The minimum absolute atomic E-state index is 0.0678. The molecular weight excluding hydrogens is 417 g/mol. The van der Waals surface area contributed by atoms with E-state index in [4.69, 9.17) is 0 Å². The third-order valence-electron chi connectivity index (χ3n) is 6.06. The van der Waals surface area contributed by atoms with Crippen LogP contribution in [0, 0.1) is 5.92 Å². The number of carbonyl (C=O) groups is 1. The average molecular weight is 437 g/mol. The summed E-state index contributed by atoms with van der Waals surface area (Å²) in [4.78, 5) is 21.5. The fourth-order valence-electron chi connectivity index (χ4n) is 4.58. The number of fused-ring (bicyclic) bond motifs is 2. The van der Waals surface area contributed by atoms with E-state index < -0.39 is 11.7 Å². The van der Waals surface area contributed by atoms with Crippen LogP contribution in [0.25, 0.3) is 11.1 Å². The van der Waals surface area contributed by atoms with Gasteiger partial charge in [0.05, 0.1) is 11.1 Å². The third kappa shape index (κ3) is 3.77. The summed E-state index contributed by atoms with van der Waals surface area (Å²) in [5.41, 5.74) is 2.56. The van der Waals surface area contributed by atoms with Crippen LogP contribution in [0.15, 0.2) is 67.1 Å². The normalized spacial score (nSPS) is 20.0. The maximum atomic E-state index is 13.5. The van der Waals surface area contributed by atoms with Gasteiger partial charge in [0.25, 0.3) is 0 Å². The molecule has 1 N–H and O–H groups in total. The van der Waals surface area contributed by atoms with Gasteiger partial charge in [-0.05, 0) is 47.9 Å². The van der Waals surface area contributed by atoms with Gasteiger partial charge < -0.3 is 5.32 Å². The van der Waals surface area contributed by atoms with E-state index in [0.717, 1.165) is 41.9 Å². The standard InChI is InChI=1S/C24H20F3N4O/c25-24(26,27)17-5-6-22(29-13-17)30-20-11-15-12-21(20)31(14-15)23(32)19-4-2-1-3-18(19)16-7-9-28-10-8-16/h1-10,13,15,20H,11-12,14H2,(H,29,30)/q+1. The summed E-state index contributed by atoms with van der Waals surface area (Å²) in [5, 5.41) is 3.22. The van der Waals surface area contributed by atoms with E-state index in [0.29, 0.717) is 23.8 Å². The highest BCUT2D eigenvalue weighted by Gasteiger charge is 2.48. The highest BCUT2D eigenvalue weighted by Crippen LogP contribution is 2.34. The van der Waals surface area contributed by atoms with Crippen LogP contribution < -0.4 is 5.32 Å². The van der Waals surface area contributed by atoms with Gasteiger partial charge in [-0.25, -0.2) is 9.78 Å². The second kappa shape index (κ2) is 7.85. The predicted octanol–water partition coefficient (Wildman–Crippen LogP) is 4.66. The molecule has 5 nitrogen and oxygen atoms in total. The Morgan fingerprint density at radius 1 is 1.06 bits per heavy atom. The summed E-state index contributed by atoms with van der Waals surface area (Å²) >= 11 is 0. The van der Waals surface area contributed by atoms with Crippen LogP contribution >= 0.6 is 0 Å². The highest BCUT2D eigenvalue weighted by atomic mass is 19.4. The number of pyridine rings is 2. The Kier molecular flexibility index (Phi) is 5.00. The Bertz CT molecular complexity index is 1190. The van der Waals surface area contributed by atoms with Crippen LogP contribution in [0.1, 0.15) is 28.8 Å². The van der Waals surface area contributed by atoms with E-state index in [-0.39, 0.29) is 11.9 Å². The first kappa shape index (κ1) is 20.4. The number of hydrogen-bond acceptors (Lipinski definition) is 4. The molecule has 1 amide bonds. The fourth-order valence-corrected chi connectivity index (χ4v) is 4.58. The number of carbonyl (C=O) groups excluding carboxylic acids is 1.